The van der Waals surface area contributed by atoms with Gasteiger partial charge >= 0.3 is 5.97 Å². The zero-order chi connectivity index (χ0) is 17.1. The number of carbonyl (C=O) groups excluding carboxylic acids is 1. The Morgan fingerprint density at radius 3 is 2.79 bits per heavy atom. The molecule has 0 bridgehead atoms. The number of para-hydroxylation sites is 1. The van der Waals surface area contributed by atoms with Crippen LogP contribution < -0.4 is 5.43 Å². The molecule has 0 spiro atoms. The Hall–Kier alpha value is -2.95. The molecule has 5 nitrogen and oxygen atoms in total. The van der Waals surface area contributed by atoms with Gasteiger partial charge in [-0.25, -0.2) is 0 Å². The van der Waals surface area contributed by atoms with Gasteiger partial charge in [0.25, 0.3) is 0 Å². The van der Waals surface area contributed by atoms with E-state index < -0.39 is 5.97 Å². The lowest BCUT2D eigenvalue weighted by Gasteiger charge is -2.15. The smallest absolute Gasteiger partial charge is 0.328 e. The fraction of sp³-hybridized carbons (Fsp3) is 0.211. The average Bonchev–Trinajstić information content (AvgIpc) is 2.57. The Bertz CT molecular complexity index is 946. The molecule has 24 heavy (non-hydrogen) atoms. The van der Waals surface area contributed by atoms with Gasteiger partial charge in [0.15, 0.2) is 0 Å². The number of hydrogen-bond acceptors (Lipinski definition) is 4. The third kappa shape index (κ3) is 3.35. The summed E-state index contributed by atoms with van der Waals surface area (Å²) in [5, 5.41) is 4.58. The maximum absolute atomic E-state index is 12.2. The third-order valence-corrected chi connectivity index (χ3v) is 3.86. The second-order valence-corrected chi connectivity index (χ2v) is 5.73. The van der Waals surface area contributed by atoms with E-state index in [1.807, 2.05) is 38.1 Å². The second kappa shape index (κ2) is 6.66. The lowest BCUT2D eigenvalue weighted by Crippen LogP contribution is -2.20. The van der Waals surface area contributed by atoms with E-state index in [4.69, 9.17) is 4.74 Å². The number of esters is 1. The van der Waals surface area contributed by atoms with Crippen molar-refractivity contribution in [3.8, 4) is 0 Å². The molecule has 0 aliphatic heterocycles. The van der Waals surface area contributed by atoms with E-state index in [9.17, 15) is 9.59 Å². The summed E-state index contributed by atoms with van der Waals surface area (Å²) in [7, 11) is 0. The molecule has 0 aliphatic carbocycles. The highest BCUT2D eigenvalue weighted by molar-refractivity contribution is 5.79. The van der Waals surface area contributed by atoms with E-state index >= 15 is 0 Å². The van der Waals surface area contributed by atoms with Gasteiger partial charge in [0, 0.05) is 5.39 Å². The van der Waals surface area contributed by atoms with E-state index in [1.54, 1.807) is 24.3 Å². The van der Waals surface area contributed by atoms with Crippen LogP contribution in [0.4, 0.5) is 0 Å². The van der Waals surface area contributed by atoms with Crippen LogP contribution in [0.3, 0.4) is 0 Å². The Morgan fingerprint density at radius 1 is 1.21 bits per heavy atom. The number of rotatable bonds is 4. The molecule has 2 aromatic carbocycles. The number of fused-ring (bicyclic) bond motifs is 1. The van der Waals surface area contributed by atoms with Crippen molar-refractivity contribution in [3.63, 3.8) is 0 Å². The summed E-state index contributed by atoms with van der Waals surface area (Å²) in [6.45, 7) is 3.79. The Kier molecular flexibility index (Phi) is 4.42. The molecule has 0 aliphatic rings. The normalized spacial score (nSPS) is 12.1. The molecule has 1 atom stereocenters. The van der Waals surface area contributed by atoms with Gasteiger partial charge < -0.3 is 4.74 Å². The zero-order valence-electron chi connectivity index (χ0n) is 13.6. The summed E-state index contributed by atoms with van der Waals surface area (Å²) in [5.41, 5.74) is 2.51. The van der Waals surface area contributed by atoms with Crippen LogP contribution in [0.15, 0.2) is 59.5 Å². The van der Waals surface area contributed by atoms with Gasteiger partial charge in [-0.15, -0.1) is 0 Å². The number of nitrogens with zero attached hydrogens (tertiary/aromatic N) is 2. The van der Waals surface area contributed by atoms with Crippen LogP contribution >= 0.6 is 0 Å². The topological polar surface area (TPSA) is 61.2 Å². The molecule has 3 rings (SSSR count). The number of benzene rings is 2. The Morgan fingerprint density at radius 2 is 2.00 bits per heavy atom. The van der Waals surface area contributed by atoms with E-state index in [-0.39, 0.29) is 18.1 Å². The molecule has 122 valence electrons. The van der Waals surface area contributed by atoms with Crippen LogP contribution in [0.2, 0.25) is 0 Å². The fourth-order valence-corrected chi connectivity index (χ4v) is 2.63. The summed E-state index contributed by atoms with van der Waals surface area (Å²) in [4.78, 5) is 24.1. The van der Waals surface area contributed by atoms with Crippen LogP contribution in [-0.2, 0) is 16.1 Å². The minimum absolute atomic E-state index is 0.0447. The summed E-state index contributed by atoms with van der Waals surface area (Å²) in [6.07, 6.45) is 0.877. The highest BCUT2D eigenvalue weighted by Gasteiger charge is 2.14. The maximum atomic E-state index is 12.2. The number of hydrogen-bond donors (Lipinski definition) is 0. The largest absolute Gasteiger partial charge is 0.456 e. The molecule has 0 unspecified atom stereocenters. The van der Waals surface area contributed by atoms with E-state index in [0.29, 0.717) is 10.9 Å². The molecule has 0 saturated heterocycles. The van der Waals surface area contributed by atoms with Crippen molar-refractivity contribution in [3.05, 3.63) is 76.1 Å². The molecular weight excluding hydrogens is 304 g/mol. The maximum Gasteiger partial charge on any atom is 0.328 e. The molecule has 3 aromatic rings. The van der Waals surface area contributed by atoms with Crippen molar-refractivity contribution in [1.29, 1.82) is 0 Å². The first kappa shape index (κ1) is 15.9. The number of aromatic nitrogens is 2. The predicted octanol–water partition coefficient (Wildman–Crippen LogP) is 3.01. The fourth-order valence-electron chi connectivity index (χ4n) is 2.63. The van der Waals surface area contributed by atoms with Crippen molar-refractivity contribution in [2.24, 2.45) is 0 Å². The average molecular weight is 322 g/mol. The van der Waals surface area contributed by atoms with Crippen molar-refractivity contribution >= 4 is 16.9 Å². The number of aryl methyl sites for hydroxylation is 1. The highest BCUT2D eigenvalue weighted by atomic mass is 16.5. The van der Waals surface area contributed by atoms with E-state index in [0.717, 1.165) is 11.1 Å². The van der Waals surface area contributed by atoms with Gasteiger partial charge in [-0.2, -0.15) is 5.10 Å². The third-order valence-electron chi connectivity index (χ3n) is 3.86. The predicted molar refractivity (Wildman–Crippen MR) is 91.7 cm³/mol. The van der Waals surface area contributed by atoms with E-state index in [2.05, 4.69) is 5.10 Å². The first-order valence-corrected chi connectivity index (χ1v) is 7.75. The molecule has 0 amide bonds. The van der Waals surface area contributed by atoms with Crippen LogP contribution in [0.25, 0.3) is 10.9 Å². The van der Waals surface area contributed by atoms with Crippen LogP contribution in [0.5, 0.6) is 0 Å². The van der Waals surface area contributed by atoms with Gasteiger partial charge in [-0.1, -0.05) is 42.0 Å². The van der Waals surface area contributed by atoms with Gasteiger partial charge in [0.1, 0.15) is 12.6 Å². The lowest BCUT2D eigenvalue weighted by atomic mass is 10.1. The van der Waals surface area contributed by atoms with Crippen molar-refractivity contribution in [2.75, 3.05) is 0 Å². The number of ether oxygens (including phenoxy) is 1. The number of carbonyl (C=O) groups is 1. The molecule has 1 heterocycles. The van der Waals surface area contributed by atoms with Gasteiger partial charge in [-0.3, -0.25) is 14.3 Å². The quantitative estimate of drug-likeness (QED) is 0.693. The second-order valence-electron chi connectivity index (χ2n) is 5.73. The van der Waals surface area contributed by atoms with Crippen molar-refractivity contribution in [1.82, 2.24) is 9.78 Å². The molecule has 0 radical (unpaired) electrons. The molecule has 0 fully saturated rings. The van der Waals surface area contributed by atoms with Crippen LogP contribution in [0, 0.1) is 6.92 Å². The van der Waals surface area contributed by atoms with Crippen LogP contribution in [0.1, 0.15) is 24.2 Å². The first-order chi connectivity index (χ1) is 11.5. The summed E-state index contributed by atoms with van der Waals surface area (Å²) >= 11 is 0. The Balaban J connectivity index is 1.78. The lowest BCUT2D eigenvalue weighted by molar-refractivity contribution is -0.149. The standard InChI is InChI=1S/C19H18N2O3/c1-13-6-5-7-15(10-13)14(2)24-19(23)12-21-17-9-4-3-8-16(17)18(22)11-20-21/h3-11,14H,12H2,1-2H3/t14-/m1/s1. The zero-order valence-corrected chi connectivity index (χ0v) is 13.6. The van der Waals surface area contributed by atoms with Gasteiger partial charge in [-0.05, 0) is 31.5 Å². The summed E-state index contributed by atoms with van der Waals surface area (Å²) < 4.78 is 6.98. The van der Waals surface area contributed by atoms with E-state index in [1.165, 1.54) is 10.9 Å². The van der Waals surface area contributed by atoms with Crippen molar-refractivity contribution < 1.29 is 9.53 Å². The van der Waals surface area contributed by atoms with Crippen LogP contribution in [-0.4, -0.2) is 15.7 Å². The molecular formula is C19H18N2O3. The molecule has 0 N–H and O–H groups in total. The van der Waals surface area contributed by atoms with Crippen molar-refractivity contribution in [2.45, 2.75) is 26.5 Å². The molecule has 5 heteroatoms. The van der Waals surface area contributed by atoms with Gasteiger partial charge in [0.2, 0.25) is 5.43 Å². The Labute approximate surface area is 139 Å². The highest BCUT2D eigenvalue weighted by Crippen LogP contribution is 2.18. The summed E-state index contributed by atoms with van der Waals surface area (Å²) in [5.74, 6) is -0.398. The first-order valence-electron chi connectivity index (χ1n) is 7.75. The molecule has 1 aromatic heterocycles. The minimum atomic E-state index is -0.398. The molecule has 0 saturated carbocycles. The monoisotopic (exact) mass is 322 g/mol. The summed E-state index contributed by atoms with van der Waals surface area (Å²) in [6, 6.07) is 14.9. The van der Waals surface area contributed by atoms with Gasteiger partial charge in [0.05, 0.1) is 11.7 Å². The minimum Gasteiger partial charge on any atom is -0.456 e. The SMILES string of the molecule is Cc1cccc([C@@H](C)OC(=O)Cn2ncc(=O)c3ccccc32)c1.